The number of para-hydroxylation sites is 1. The lowest BCUT2D eigenvalue weighted by Crippen LogP contribution is -2.18. The summed E-state index contributed by atoms with van der Waals surface area (Å²) in [6.45, 7) is 0. The lowest BCUT2D eigenvalue weighted by molar-refractivity contribution is 0.103. The lowest BCUT2D eigenvalue weighted by atomic mass is 10.0. The molecule has 3 aromatic rings. The maximum absolute atomic E-state index is 12.7. The van der Waals surface area contributed by atoms with Crippen LogP contribution in [0.2, 0.25) is 5.02 Å². The number of aromatic amines is 1. The first kappa shape index (κ1) is 14.9. The number of fused-ring (bicyclic) bond motifs is 1. The fourth-order valence-electron chi connectivity index (χ4n) is 2.32. The van der Waals surface area contributed by atoms with E-state index >= 15 is 0 Å². The van der Waals surface area contributed by atoms with Crippen molar-refractivity contribution in [1.29, 1.82) is 0 Å². The number of carbonyl (C=O) groups excluding carboxylic acids is 1. The molecule has 0 amide bonds. The highest BCUT2D eigenvalue weighted by Crippen LogP contribution is 2.22. The van der Waals surface area contributed by atoms with Gasteiger partial charge in [0.15, 0.2) is 5.78 Å². The zero-order chi connectivity index (χ0) is 15.7. The average molecular weight is 330 g/mol. The molecule has 0 atom stereocenters. The Hall–Kier alpha value is -2.04. The number of aromatic nitrogens is 1. The third-order valence-electron chi connectivity index (χ3n) is 3.41. The number of nitrogens with one attached hydrogen (secondary N) is 1. The Morgan fingerprint density at radius 1 is 1.09 bits per heavy atom. The molecule has 0 aliphatic rings. The minimum atomic E-state index is -0.298. The molecule has 1 heterocycles. The van der Waals surface area contributed by atoms with E-state index in [1.54, 1.807) is 36.4 Å². The molecular formula is C17H12ClNO2S. The minimum Gasteiger partial charge on any atom is -0.349 e. The largest absolute Gasteiger partial charge is 0.349 e. The zero-order valence-corrected chi connectivity index (χ0v) is 13.3. The molecule has 0 bridgehead atoms. The Morgan fingerprint density at radius 3 is 2.45 bits per heavy atom. The molecule has 5 heteroatoms. The summed E-state index contributed by atoms with van der Waals surface area (Å²) < 4.78 is 0. The van der Waals surface area contributed by atoms with Crippen LogP contribution in [0.25, 0.3) is 10.9 Å². The topological polar surface area (TPSA) is 49.9 Å². The van der Waals surface area contributed by atoms with E-state index in [0.29, 0.717) is 21.0 Å². The van der Waals surface area contributed by atoms with Crippen molar-refractivity contribution in [2.45, 2.75) is 5.03 Å². The number of thioether (sulfide) groups is 1. The van der Waals surface area contributed by atoms with Crippen molar-refractivity contribution in [1.82, 2.24) is 4.98 Å². The molecule has 0 fully saturated rings. The molecule has 1 N–H and O–H groups in total. The van der Waals surface area contributed by atoms with Crippen molar-refractivity contribution >= 4 is 40.0 Å². The zero-order valence-electron chi connectivity index (χ0n) is 11.7. The Labute approximate surface area is 136 Å². The number of H-pyrrole nitrogens is 1. The SMILES string of the molecule is CSc1[nH]c2ccccc2c(=O)c1C(=O)c1ccc(Cl)cc1. The molecule has 0 saturated carbocycles. The molecule has 110 valence electrons. The Kier molecular flexibility index (Phi) is 4.05. The van der Waals surface area contributed by atoms with E-state index in [1.165, 1.54) is 11.8 Å². The Morgan fingerprint density at radius 2 is 1.77 bits per heavy atom. The molecule has 3 rings (SSSR count). The number of ketones is 1. The number of carbonyl (C=O) groups is 1. The van der Waals surface area contributed by atoms with E-state index in [9.17, 15) is 9.59 Å². The summed E-state index contributed by atoms with van der Waals surface area (Å²) >= 11 is 7.20. The van der Waals surface area contributed by atoms with Crippen LogP contribution < -0.4 is 5.43 Å². The molecule has 0 saturated heterocycles. The lowest BCUT2D eigenvalue weighted by Gasteiger charge is -2.09. The summed E-state index contributed by atoms with van der Waals surface area (Å²) in [7, 11) is 0. The summed E-state index contributed by atoms with van der Waals surface area (Å²) in [5.41, 5.74) is 1.09. The van der Waals surface area contributed by atoms with Crippen LogP contribution in [0.15, 0.2) is 58.4 Å². The van der Waals surface area contributed by atoms with Crippen molar-refractivity contribution < 1.29 is 4.79 Å². The predicted octanol–water partition coefficient (Wildman–Crippen LogP) is 4.13. The first-order valence-corrected chi connectivity index (χ1v) is 8.21. The summed E-state index contributed by atoms with van der Waals surface area (Å²) in [5.74, 6) is -0.298. The van der Waals surface area contributed by atoms with Crippen molar-refractivity contribution in [3.63, 3.8) is 0 Å². The quantitative estimate of drug-likeness (QED) is 0.580. The van der Waals surface area contributed by atoms with Gasteiger partial charge < -0.3 is 4.98 Å². The van der Waals surface area contributed by atoms with E-state index in [2.05, 4.69) is 4.98 Å². The maximum atomic E-state index is 12.7. The number of rotatable bonds is 3. The Balaban J connectivity index is 2.25. The third kappa shape index (κ3) is 2.56. The normalized spacial score (nSPS) is 10.8. The first-order chi connectivity index (χ1) is 10.6. The second-order valence-corrected chi connectivity index (χ2v) is 6.00. The van der Waals surface area contributed by atoms with Gasteiger partial charge in [0.1, 0.15) is 5.56 Å². The van der Waals surface area contributed by atoms with Crippen molar-refractivity contribution in [2.24, 2.45) is 0 Å². The maximum Gasteiger partial charge on any atom is 0.201 e. The number of hydrogen-bond donors (Lipinski definition) is 1. The van der Waals surface area contributed by atoms with Gasteiger partial charge in [0.05, 0.1) is 10.5 Å². The Bertz CT molecular complexity index is 916. The van der Waals surface area contributed by atoms with Gasteiger partial charge in [-0.1, -0.05) is 23.7 Å². The van der Waals surface area contributed by atoms with Gasteiger partial charge in [-0.3, -0.25) is 9.59 Å². The summed E-state index contributed by atoms with van der Waals surface area (Å²) in [6, 6.07) is 13.7. The van der Waals surface area contributed by atoms with Gasteiger partial charge in [0.2, 0.25) is 5.43 Å². The van der Waals surface area contributed by atoms with E-state index < -0.39 is 0 Å². The number of pyridine rings is 1. The van der Waals surface area contributed by atoms with Crippen LogP contribution in [-0.4, -0.2) is 17.0 Å². The van der Waals surface area contributed by atoms with Crippen molar-refractivity contribution in [3.8, 4) is 0 Å². The van der Waals surface area contributed by atoms with Gasteiger partial charge >= 0.3 is 0 Å². The van der Waals surface area contributed by atoms with Crippen LogP contribution in [0.4, 0.5) is 0 Å². The van der Waals surface area contributed by atoms with Gasteiger partial charge in [-0.25, -0.2) is 0 Å². The van der Waals surface area contributed by atoms with Gasteiger partial charge in [0.25, 0.3) is 0 Å². The summed E-state index contributed by atoms with van der Waals surface area (Å²) in [4.78, 5) is 28.6. The van der Waals surface area contributed by atoms with E-state index in [1.807, 2.05) is 18.4 Å². The first-order valence-electron chi connectivity index (χ1n) is 6.61. The molecule has 0 aliphatic heterocycles. The van der Waals surface area contributed by atoms with Crippen molar-refractivity contribution in [2.75, 3.05) is 6.26 Å². The van der Waals surface area contributed by atoms with E-state index in [0.717, 1.165) is 5.52 Å². The second-order valence-electron chi connectivity index (χ2n) is 4.74. The smallest absolute Gasteiger partial charge is 0.201 e. The molecule has 2 aromatic carbocycles. The van der Waals surface area contributed by atoms with Crippen LogP contribution in [0.5, 0.6) is 0 Å². The van der Waals surface area contributed by atoms with Crippen molar-refractivity contribution in [3.05, 3.63) is 74.9 Å². The van der Waals surface area contributed by atoms with Gasteiger partial charge in [-0.05, 0) is 42.7 Å². The summed E-state index contributed by atoms with van der Waals surface area (Å²) in [5, 5.41) is 1.63. The fraction of sp³-hybridized carbons (Fsp3) is 0.0588. The van der Waals surface area contributed by atoms with Crippen LogP contribution >= 0.6 is 23.4 Å². The van der Waals surface area contributed by atoms with Crippen LogP contribution in [-0.2, 0) is 0 Å². The molecule has 3 nitrogen and oxygen atoms in total. The summed E-state index contributed by atoms with van der Waals surface area (Å²) in [6.07, 6.45) is 1.83. The number of benzene rings is 2. The molecule has 22 heavy (non-hydrogen) atoms. The molecule has 0 spiro atoms. The van der Waals surface area contributed by atoms with Gasteiger partial charge in [0, 0.05) is 16.0 Å². The molecule has 0 radical (unpaired) electrons. The van der Waals surface area contributed by atoms with Gasteiger partial charge in [-0.2, -0.15) is 0 Å². The average Bonchev–Trinajstić information content (AvgIpc) is 2.55. The fourth-order valence-corrected chi connectivity index (χ4v) is 3.05. The second kappa shape index (κ2) is 5.99. The van der Waals surface area contributed by atoms with Gasteiger partial charge in [-0.15, -0.1) is 11.8 Å². The minimum absolute atomic E-state index is 0.175. The molecule has 1 aromatic heterocycles. The van der Waals surface area contributed by atoms with Crippen LogP contribution in [0.3, 0.4) is 0 Å². The number of halogens is 1. The predicted molar refractivity (Wildman–Crippen MR) is 91.2 cm³/mol. The highest BCUT2D eigenvalue weighted by Gasteiger charge is 2.19. The van der Waals surface area contributed by atoms with Crippen LogP contribution in [0.1, 0.15) is 15.9 Å². The van der Waals surface area contributed by atoms with E-state index in [-0.39, 0.29) is 16.8 Å². The third-order valence-corrected chi connectivity index (χ3v) is 4.38. The molecule has 0 aliphatic carbocycles. The standard InChI is InChI=1S/C17H12ClNO2S/c1-22-17-14(15(20)10-6-8-11(18)9-7-10)16(21)12-4-2-3-5-13(12)19-17/h2-9H,1H3,(H,19,21). The van der Waals surface area contributed by atoms with Crippen LogP contribution in [0, 0.1) is 0 Å². The number of hydrogen-bond acceptors (Lipinski definition) is 3. The molecule has 0 unspecified atom stereocenters. The monoisotopic (exact) mass is 329 g/mol. The highest BCUT2D eigenvalue weighted by atomic mass is 35.5. The van der Waals surface area contributed by atoms with E-state index in [4.69, 9.17) is 11.6 Å². The highest BCUT2D eigenvalue weighted by molar-refractivity contribution is 7.98. The molecular weight excluding hydrogens is 318 g/mol.